The van der Waals surface area contributed by atoms with E-state index in [2.05, 4.69) is 38.4 Å². The molecular formula is C58H80Cl2N2O14. The molecule has 16 nitrogen and oxygen atoms in total. The second-order valence-electron chi connectivity index (χ2n) is 19.4. The summed E-state index contributed by atoms with van der Waals surface area (Å²) in [6.45, 7) is 4.02. The van der Waals surface area contributed by atoms with Crippen LogP contribution < -0.4 is 72.2 Å². The van der Waals surface area contributed by atoms with E-state index in [1.165, 1.54) is 22.3 Å². The average molecular weight is 1100 g/mol. The highest BCUT2D eigenvalue weighted by Crippen LogP contribution is 2.47. The van der Waals surface area contributed by atoms with Crippen molar-refractivity contribution in [2.45, 2.75) is 76.3 Å². The van der Waals surface area contributed by atoms with Crippen LogP contribution in [0.1, 0.15) is 84.0 Å². The van der Waals surface area contributed by atoms with Crippen molar-refractivity contribution in [2.75, 3.05) is 125 Å². The largest absolute Gasteiger partial charge is 1.00 e. The number of allylic oxidation sites excluding steroid dienone is 2. The van der Waals surface area contributed by atoms with E-state index in [-0.39, 0.29) is 61.7 Å². The summed E-state index contributed by atoms with van der Waals surface area (Å²) in [7, 11) is 20.9. The number of likely N-dealkylation sites (N-methyl/N-ethyl adjacent to an activating group) is 2. The molecule has 0 saturated carbocycles. The third-order valence-corrected chi connectivity index (χ3v) is 15.0. The lowest BCUT2D eigenvalue weighted by Gasteiger charge is -2.46. The van der Waals surface area contributed by atoms with Crippen molar-refractivity contribution in [2.24, 2.45) is 0 Å². The number of fused-ring (bicyclic) bond motifs is 2. The molecule has 76 heavy (non-hydrogen) atoms. The third kappa shape index (κ3) is 15.0. The number of benzene rings is 4. The molecule has 4 aromatic carbocycles. The first-order chi connectivity index (χ1) is 35.7. The van der Waals surface area contributed by atoms with Crippen LogP contribution in [-0.4, -0.2) is 145 Å². The van der Waals surface area contributed by atoms with Crippen LogP contribution >= 0.6 is 0 Å². The maximum atomic E-state index is 12.9. The summed E-state index contributed by atoms with van der Waals surface area (Å²) in [4.78, 5) is 25.7. The van der Waals surface area contributed by atoms with Crippen molar-refractivity contribution in [1.82, 2.24) is 0 Å². The van der Waals surface area contributed by atoms with Gasteiger partial charge in [0.15, 0.2) is 46.0 Å². The number of halogens is 2. The Hall–Kier alpha value is -5.94. The number of carbonyl (C=O) groups excluding carboxylic acids is 2. The lowest BCUT2D eigenvalue weighted by molar-refractivity contribution is -0.941. The molecule has 18 heteroatoms. The molecule has 0 N–H and O–H groups in total. The molecule has 0 spiro atoms. The van der Waals surface area contributed by atoms with Crippen molar-refractivity contribution in [3.8, 4) is 57.5 Å². The highest BCUT2D eigenvalue weighted by molar-refractivity contribution is 5.70. The van der Waals surface area contributed by atoms with Gasteiger partial charge in [0, 0.05) is 62.5 Å². The van der Waals surface area contributed by atoms with Gasteiger partial charge in [-0.05, 0) is 83.6 Å². The zero-order chi connectivity index (χ0) is 53.4. The third-order valence-electron chi connectivity index (χ3n) is 15.0. The van der Waals surface area contributed by atoms with Crippen LogP contribution in [0.25, 0.3) is 0 Å². The Morgan fingerprint density at radius 3 is 1.08 bits per heavy atom. The van der Waals surface area contributed by atoms with E-state index in [0.29, 0.717) is 109 Å². The van der Waals surface area contributed by atoms with Crippen molar-refractivity contribution in [3.05, 3.63) is 94.1 Å². The van der Waals surface area contributed by atoms with Crippen molar-refractivity contribution < 1.29 is 100 Å². The van der Waals surface area contributed by atoms with Crippen molar-refractivity contribution in [3.63, 3.8) is 0 Å². The van der Waals surface area contributed by atoms with Gasteiger partial charge in [0.2, 0.25) is 11.5 Å². The number of rotatable bonds is 28. The second-order valence-corrected chi connectivity index (χ2v) is 19.4. The van der Waals surface area contributed by atoms with Crippen LogP contribution in [0.2, 0.25) is 0 Å². The fourth-order valence-electron chi connectivity index (χ4n) is 10.8. The topological polar surface area (TPSA) is 145 Å². The first-order valence-electron chi connectivity index (χ1n) is 25.5. The highest BCUT2D eigenvalue weighted by atomic mass is 35.5. The van der Waals surface area contributed by atoms with Gasteiger partial charge >= 0.3 is 11.9 Å². The van der Waals surface area contributed by atoms with Gasteiger partial charge in [-0.25, -0.2) is 0 Å². The predicted octanol–water partition coefficient (Wildman–Crippen LogP) is 3.04. The molecule has 0 amide bonds. The van der Waals surface area contributed by atoms with Gasteiger partial charge in [-0.3, -0.25) is 9.59 Å². The number of ether oxygens (including phenoxy) is 12. The summed E-state index contributed by atoms with van der Waals surface area (Å²) < 4.78 is 69.8. The number of hydrogen-bond acceptors (Lipinski definition) is 14. The van der Waals surface area contributed by atoms with E-state index < -0.39 is 0 Å². The number of nitrogens with zero attached hydrogens (tertiary/aromatic N) is 2. The van der Waals surface area contributed by atoms with Crippen LogP contribution in [0.5, 0.6) is 57.5 Å². The SMILES string of the molecule is COc1cc2c(cc1OC)[C@@H](Cc1cc(OC)c(OC)c(OC)c1)[N@@+](C)(CCCOC(=O)CCC=CCCC(=O)OCCC[N@@+]1(C)CCc3cc(OC)c(OC)cc3[C@H]1Cc1cc(OC)c(OC)c(OC)c1)CC2.[Cl-].[Cl-]. The monoisotopic (exact) mass is 1100 g/mol. The van der Waals surface area contributed by atoms with Crippen molar-refractivity contribution in [1.29, 1.82) is 0 Å². The van der Waals surface area contributed by atoms with Crippen LogP contribution in [0.15, 0.2) is 60.7 Å². The number of methoxy groups -OCH3 is 10. The number of hydrogen-bond donors (Lipinski definition) is 0. The lowest BCUT2D eigenvalue weighted by atomic mass is 9.86. The molecule has 0 fully saturated rings. The van der Waals surface area contributed by atoms with E-state index in [1.54, 1.807) is 71.1 Å². The molecule has 420 valence electrons. The van der Waals surface area contributed by atoms with E-state index in [4.69, 9.17) is 56.8 Å². The van der Waals surface area contributed by atoms with Gasteiger partial charge in [0.25, 0.3) is 0 Å². The average Bonchev–Trinajstić information content (AvgIpc) is 3.42. The van der Waals surface area contributed by atoms with Gasteiger partial charge < -0.3 is 90.6 Å². The smallest absolute Gasteiger partial charge is 0.306 e. The lowest BCUT2D eigenvalue weighted by Crippen LogP contribution is -3.00. The molecule has 2 aliphatic rings. The van der Waals surface area contributed by atoms with Gasteiger partial charge in [-0.2, -0.15) is 0 Å². The van der Waals surface area contributed by atoms with E-state index in [0.717, 1.165) is 59.1 Å². The summed E-state index contributed by atoms with van der Waals surface area (Å²) >= 11 is 0. The van der Waals surface area contributed by atoms with Gasteiger partial charge in [-0.1, -0.05) is 12.2 Å². The summed E-state index contributed by atoms with van der Waals surface area (Å²) in [6, 6.07) is 16.5. The number of quaternary nitrogens is 2. The summed E-state index contributed by atoms with van der Waals surface area (Å²) in [5.41, 5.74) is 6.93. The predicted molar refractivity (Wildman–Crippen MR) is 282 cm³/mol. The molecule has 6 rings (SSSR count). The highest BCUT2D eigenvalue weighted by Gasteiger charge is 2.42. The molecule has 2 heterocycles. The Bertz CT molecular complexity index is 2350. The first-order valence-corrected chi connectivity index (χ1v) is 25.5. The molecule has 0 radical (unpaired) electrons. The molecule has 2 aliphatic heterocycles. The Labute approximate surface area is 462 Å². The number of carbonyl (C=O) groups is 2. The maximum absolute atomic E-state index is 12.9. The molecule has 0 bridgehead atoms. The molecule has 0 saturated heterocycles. The van der Waals surface area contributed by atoms with E-state index >= 15 is 0 Å². The Morgan fingerprint density at radius 2 is 0.776 bits per heavy atom. The molecule has 4 atom stereocenters. The van der Waals surface area contributed by atoms with E-state index in [9.17, 15) is 9.59 Å². The molecular weight excluding hydrogens is 1020 g/mol. The number of esters is 2. The normalized spacial score (nSPS) is 18.4. The minimum Gasteiger partial charge on any atom is -1.00 e. The molecule has 0 aliphatic carbocycles. The van der Waals surface area contributed by atoms with Crippen LogP contribution in [-0.2, 0) is 44.7 Å². The maximum Gasteiger partial charge on any atom is 0.306 e. The Kier molecular flexibility index (Phi) is 24.3. The van der Waals surface area contributed by atoms with E-state index in [1.807, 2.05) is 36.4 Å². The Balaban J connectivity index is 0.00000624. The minimum atomic E-state index is -0.246. The molecule has 0 aromatic heterocycles. The zero-order valence-electron chi connectivity index (χ0n) is 46.6. The van der Waals surface area contributed by atoms with Crippen LogP contribution in [0.3, 0.4) is 0 Å². The van der Waals surface area contributed by atoms with Crippen molar-refractivity contribution >= 4 is 11.9 Å². The minimum absolute atomic E-state index is 0. The summed E-state index contributed by atoms with van der Waals surface area (Å²) in [5.74, 6) is 5.81. The van der Waals surface area contributed by atoms with Gasteiger partial charge in [0.1, 0.15) is 12.1 Å². The quantitative estimate of drug-likeness (QED) is 0.0356. The zero-order valence-corrected chi connectivity index (χ0v) is 48.1. The fourth-order valence-corrected chi connectivity index (χ4v) is 10.8. The van der Waals surface area contributed by atoms with Gasteiger partial charge in [0.05, 0.1) is 125 Å². The summed E-state index contributed by atoms with van der Waals surface area (Å²) in [5, 5.41) is 0. The molecule has 0 unspecified atom stereocenters. The summed E-state index contributed by atoms with van der Waals surface area (Å²) in [6.07, 6.45) is 9.94. The van der Waals surface area contributed by atoms with Crippen LogP contribution in [0, 0.1) is 0 Å². The standard InChI is InChI=1S/C58H80N2O14.2ClH/c1-59(25-21-41-35-47(63-3)49(65-5)37-43(41)45(59)29-39-31-51(67-7)57(71-11)52(32-39)68-8)23-17-27-73-55(61)19-15-13-14-16-20-56(62)74-28-18-24-60(2)26-22-42-36-48(64-4)50(66-6)38-44(42)46(60)30-40-33-53(69-9)58(72-12)54(34-40)70-10;;/h13-14,31-38,45-46H,15-30H2,1-12H3;2*1H/q+2;;/p-2/t45-,46-,59+,60+;;/m1../s1. The van der Waals surface area contributed by atoms with Crippen LogP contribution in [0.4, 0.5) is 0 Å². The first kappa shape index (κ1) is 62.6. The second kappa shape index (κ2) is 29.5. The van der Waals surface area contributed by atoms with Gasteiger partial charge in [-0.15, -0.1) is 0 Å². The Morgan fingerprint density at radius 1 is 0.461 bits per heavy atom. The molecule has 4 aromatic rings. The fraction of sp³-hybridized carbons (Fsp3) is 0.517.